The molecule has 0 N–H and O–H groups in total. The van der Waals surface area contributed by atoms with Gasteiger partial charge in [0.25, 0.3) is 0 Å². The summed E-state index contributed by atoms with van der Waals surface area (Å²) in [5.41, 5.74) is 0.860. The monoisotopic (exact) mass is 412 g/mol. The summed E-state index contributed by atoms with van der Waals surface area (Å²) in [6.07, 6.45) is 3.27. The molecule has 3 aromatic rings. The Bertz CT molecular complexity index is 1000. The van der Waals surface area contributed by atoms with Gasteiger partial charge in [-0.25, -0.2) is 0 Å². The van der Waals surface area contributed by atoms with Gasteiger partial charge in [-0.1, -0.05) is 16.8 Å². The van der Waals surface area contributed by atoms with E-state index >= 15 is 0 Å². The molecule has 1 amide bonds. The van der Waals surface area contributed by atoms with Crippen LogP contribution in [-0.2, 0) is 11.3 Å². The van der Waals surface area contributed by atoms with Gasteiger partial charge in [0.2, 0.25) is 17.6 Å². The Morgan fingerprint density at radius 3 is 2.59 bits per heavy atom. The zero-order valence-electron chi connectivity index (χ0n) is 16.0. The maximum Gasteiger partial charge on any atom is 0.246 e. The lowest BCUT2D eigenvalue weighted by atomic mass is 10.2. The van der Waals surface area contributed by atoms with Crippen LogP contribution in [0.25, 0.3) is 17.5 Å². The molecule has 1 aromatic carbocycles. The fraction of sp³-hybridized carbons (Fsp3) is 0.286. The van der Waals surface area contributed by atoms with Gasteiger partial charge in [0.1, 0.15) is 11.5 Å². The zero-order valence-corrected chi connectivity index (χ0v) is 16.8. The third-order valence-electron chi connectivity index (χ3n) is 4.76. The Kier molecular flexibility index (Phi) is 5.78. The van der Waals surface area contributed by atoms with Crippen molar-refractivity contribution in [1.29, 1.82) is 0 Å². The van der Waals surface area contributed by atoms with Crippen LogP contribution in [0, 0.1) is 6.92 Å². The summed E-state index contributed by atoms with van der Waals surface area (Å²) >= 11 is 5.91. The molecule has 0 bridgehead atoms. The third kappa shape index (κ3) is 4.93. The first-order valence-corrected chi connectivity index (χ1v) is 9.79. The molecule has 1 fully saturated rings. The molecule has 29 heavy (non-hydrogen) atoms. The summed E-state index contributed by atoms with van der Waals surface area (Å²) in [6.45, 7) is 5.23. The van der Waals surface area contributed by atoms with E-state index < -0.39 is 0 Å². The van der Waals surface area contributed by atoms with Crippen LogP contribution in [-0.4, -0.2) is 52.0 Å². The van der Waals surface area contributed by atoms with Crippen LogP contribution in [0.5, 0.6) is 0 Å². The van der Waals surface area contributed by atoms with Crippen molar-refractivity contribution in [2.45, 2.75) is 13.5 Å². The molecule has 1 aliphatic heterocycles. The molecule has 0 saturated carbocycles. The van der Waals surface area contributed by atoms with Crippen LogP contribution in [0.15, 0.2) is 51.4 Å². The molecule has 1 aliphatic rings. The van der Waals surface area contributed by atoms with E-state index in [1.165, 1.54) is 0 Å². The lowest BCUT2D eigenvalue weighted by Gasteiger charge is -2.33. The van der Waals surface area contributed by atoms with Crippen LogP contribution in [0.3, 0.4) is 0 Å². The average Bonchev–Trinajstić information content (AvgIpc) is 3.36. The molecule has 4 rings (SSSR count). The number of piperazine rings is 1. The predicted octanol–water partition coefficient (Wildman–Crippen LogP) is 3.65. The topological polar surface area (TPSA) is 75.6 Å². The van der Waals surface area contributed by atoms with Crippen molar-refractivity contribution in [2.75, 3.05) is 26.2 Å². The molecule has 0 atom stereocenters. The number of furan rings is 1. The van der Waals surface area contributed by atoms with Crippen molar-refractivity contribution < 1.29 is 13.7 Å². The number of halogens is 1. The van der Waals surface area contributed by atoms with Gasteiger partial charge in [-0.15, -0.1) is 0 Å². The van der Waals surface area contributed by atoms with E-state index in [1.807, 2.05) is 36.1 Å². The number of hydrogen-bond donors (Lipinski definition) is 0. The van der Waals surface area contributed by atoms with Gasteiger partial charge in [0, 0.05) is 42.8 Å². The summed E-state index contributed by atoms with van der Waals surface area (Å²) in [4.78, 5) is 20.8. The van der Waals surface area contributed by atoms with Crippen LogP contribution in [0.1, 0.15) is 17.4 Å². The summed E-state index contributed by atoms with van der Waals surface area (Å²) in [5.74, 6) is 2.60. The molecule has 0 unspecified atom stereocenters. The third-order valence-corrected chi connectivity index (χ3v) is 5.02. The van der Waals surface area contributed by atoms with E-state index in [1.54, 1.807) is 24.3 Å². The number of aromatic nitrogens is 2. The molecule has 3 heterocycles. The molecule has 7 nitrogen and oxygen atoms in total. The van der Waals surface area contributed by atoms with Crippen molar-refractivity contribution in [1.82, 2.24) is 19.9 Å². The first-order valence-electron chi connectivity index (χ1n) is 9.41. The highest BCUT2D eigenvalue weighted by molar-refractivity contribution is 6.30. The second kappa shape index (κ2) is 8.63. The largest absolute Gasteiger partial charge is 0.462 e. The summed E-state index contributed by atoms with van der Waals surface area (Å²) < 4.78 is 10.8. The van der Waals surface area contributed by atoms with Crippen LogP contribution in [0.2, 0.25) is 5.02 Å². The number of aryl methyl sites for hydroxylation is 1. The minimum Gasteiger partial charge on any atom is -0.462 e. The number of hydrogen-bond acceptors (Lipinski definition) is 6. The average molecular weight is 413 g/mol. The van der Waals surface area contributed by atoms with Gasteiger partial charge >= 0.3 is 0 Å². The first-order chi connectivity index (χ1) is 14.1. The lowest BCUT2D eigenvalue weighted by molar-refractivity contribution is -0.127. The van der Waals surface area contributed by atoms with E-state index in [4.69, 9.17) is 20.5 Å². The number of benzene rings is 1. The van der Waals surface area contributed by atoms with Crippen molar-refractivity contribution in [3.63, 3.8) is 0 Å². The lowest BCUT2D eigenvalue weighted by Crippen LogP contribution is -2.47. The Hall–Kier alpha value is -2.90. The van der Waals surface area contributed by atoms with Gasteiger partial charge in [-0.2, -0.15) is 4.98 Å². The second-order valence-corrected chi connectivity index (χ2v) is 7.34. The van der Waals surface area contributed by atoms with Crippen molar-refractivity contribution in [3.8, 4) is 11.4 Å². The van der Waals surface area contributed by atoms with Crippen LogP contribution < -0.4 is 0 Å². The standard InChI is InChI=1S/C21H21ClN4O3/c1-15-2-7-18(28-15)8-9-20(27)26-12-10-25(11-13-26)14-19-23-21(24-29-19)16-3-5-17(22)6-4-16/h2-9H,10-14H2,1H3/b9-8+. The molecule has 0 aliphatic carbocycles. The normalized spacial score (nSPS) is 15.3. The Balaban J connectivity index is 1.28. The van der Waals surface area contributed by atoms with Gasteiger partial charge in [0.15, 0.2) is 0 Å². The predicted molar refractivity (Wildman–Crippen MR) is 109 cm³/mol. The zero-order chi connectivity index (χ0) is 20.2. The van der Waals surface area contributed by atoms with Gasteiger partial charge in [-0.3, -0.25) is 9.69 Å². The Labute approximate surface area is 173 Å². The molecule has 0 radical (unpaired) electrons. The molecule has 2 aromatic heterocycles. The molecule has 150 valence electrons. The minimum absolute atomic E-state index is 0.0125. The number of carbonyl (C=O) groups excluding carboxylic acids is 1. The summed E-state index contributed by atoms with van der Waals surface area (Å²) in [6, 6.07) is 11.0. The highest BCUT2D eigenvalue weighted by atomic mass is 35.5. The van der Waals surface area contributed by atoms with E-state index in [9.17, 15) is 4.79 Å². The molecule has 1 saturated heterocycles. The molecular formula is C21H21ClN4O3. The Morgan fingerprint density at radius 2 is 1.90 bits per heavy atom. The fourth-order valence-corrected chi connectivity index (χ4v) is 3.28. The Morgan fingerprint density at radius 1 is 1.14 bits per heavy atom. The molecule has 8 heteroatoms. The van der Waals surface area contributed by atoms with Gasteiger partial charge in [0.05, 0.1) is 6.54 Å². The number of amides is 1. The van der Waals surface area contributed by atoms with Gasteiger partial charge < -0.3 is 13.8 Å². The number of nitrogens with zero attached hydrogens (tertiary/aromatic N) is 4. The summed E-state index contributed by atoms with van der Waals surface area (Å²) in [7, 11) is 0. The molecular weight excluding hydrogens is 392 g/mol. The second-order valence-electron chi connectivity index (χ2n) is 6.90. The SMILES string of the molecule is Cc1ccc(/C=C/C(=O)N2CCN(Cc3nc(-c4ccc(Cl)cc4)no3)CC2)o1. The molecule has 0 spiro atoms. The van der Waals surface area contributed by atoms with E-state index in [2.05, 4.69) is 15.0 Å². The van der Waals surface area contributed by atoms with E-state index in [0.29, 0.717) is 42.1 Å². The first kappa shape index (κ1) is 19.4. The highest BCUT2D eigenvalue weighted by Gasteiger charge is 2.21. The highest BCUT2D eigenvalue weighted by Crippen LogP contribution is 2.19. The van der Waals surface area contributed by atoms with Crippen LogP contribution >= 0.6 is 11.6 Å². The number of carbonyl (C=O) groups is 1. The van der Waals surface area contributed by atoms with E-state index in [-0.39, 0.29) is 5.91 Å². The quantitative estimate of drug-likeness (QED) is 0.595. The van der Waals surface area contributed by atoms with Crippen molar-refractivity contribution >= 4 is 23.6 Å². The maximum absolute atomic E-state index is 12.4. The van der Waals surface area contributed by atoms with Crippen molar-refractivity contribution in [2.24, 2.45) is 0 Å². The van der Waals surface area contributed by atoms with Crippen molar-refractivity contribution in [3.05, 3.63) is 64.9 Å². The van der Waals surface area contributed by atoms with Gasteiger partial charge in [-0.05, 0) is 49.4 Å². The smallest absolute Gasteiger partial charge is 0.246 e. The fourth-order valence-electron chi connectivity index (χ4n) is 3.15. The number of rotatable bonds is 5. The minimum atomic E-state index is -0.0125. The maximum atomic E-state index is 12.4. The van der Waals surface area contributed by atoms with Crippen LogP contribution in [0.4, 0.5) is 0 Å². The van der Waals surface area contributed by atoms with E-state index in [0.717, 1.165) is 24.4 Å². The summed E-state index contributed by atoms with van der Waals surface area (Å²) in [5, 5.41) is 4.71.